The van der Waals surface area contributed by atoms with Crippen LogP contribution in [0.2, 0.25) is 0 Å². The summed E-state index contributed by atoms with van der Waals surface area (Å²) in [5.74, 6) is -0.500. The summed E-state index contributed by atoms with van der Waals surface area (Å²) in [7, 11) is 0. The highest BCUT2D eigenvalue weighted by Crippen LogP contribution is 2.29. The second-order valence-electron chi connectivity index (χ2n) is 5.23. The van der Waals surface area contributed by atoms with E-state index in [-0.39, 0.29) is 18.7 Å². The monoisotopic (exact) mass is 372 g/mol. The summed E-state index contributed by atoms with van der Waals surface area (Å²) in [4.78, 5) is 32.3. The van der Waals surface area contributed by atoms with Gasteiger partial charge < -0.3 is 4.74 Å². The van der Waals surface area contributed by atoms with E-state index in [4.69, 9.17) is 4.74 Å². The van der Waals surface area contributed by atoms with Crippen LogP contribution in [-0.2, 0) is 9.53 Å². The van der Waals surface area contributed by atoms with E-state index >= 15 is 0 Å². The number of carbonyl (C=O) groups is 1. The Hall–Kier alpha value is -3.82. The molecule has 0 atom stereocenters. The van der Waals surface area contributed by atoms with E-state index in [1.54, 1.807) is 37.3 Å². The topological polar surface area (TPSA) is 137 Å². The second-order valence-corrected chi connectivity index (χ2v) is 5.23. The normalized spacial score (nSPS) is 10.9. The van der Waals surface area contributed by atoms with Crippen LogP contribution in [0.5, 0.6) is 0 Å². The van der Waals surface area contributed by atoms with Crippen molar-refractivity contribution in [2.24, 2.45) is 5.10 Å². The smallest absolute Gasteiger partial charge is 0.311 e. The first-order valence-electron chi connectivity index (χ1n) is 7.88. The number of benzene rings is 2. The van der Waals surface area contributed by atoms with Crippen LogP contribution in [-0.4, -0.2) is 28.1 Å². The summed E-state index contributed by atoms with van der Waals surface area (Å²) < 4.78 is 4.92. The molecule has 2 aromatic carbocycles. The number of nitro groups is 2. The summed E-state index contributed by atoms with van der Waals surface area (Å²) >= 11 is 0. The molecule has 0 radical (unpaired) electrons. The van der Waals surface area contributed by atoms with E-state index in [2.05, 4.69) is 10.5 Å². The molecule has 0 bridgehead atoms. The van der Waals surface area contributed by atoms with Gasteiger partial charge in [-0.25, -0.2) is 0 Å². The molecule has 2 aromatic rings. The van der Waals surface area contributed by atoms with Crippen molar-refractivity contribution in [2.75, 3.05) is 12.0 Å². The number of hydrogen-bond donors (Lipinski definition) is 1. The zero-order valence-electron chi connectivity index (χ0n) is 14.3. The van der Waals surface area contributed by atoms with E-state index in [9.17, 15) is 25.0 Å². The fourth-order valence-corrected chi connectivity index (χ4v) is 2.19. The third-order valence-electron chi connectivity index (χ3n) is 3.42. The van der Waals surface area contributed by atoms with Gasteiger partial charge in [0.2, 0.25) is 0 Å². The lowest BCUT2D eigenvalue weighted by Gasteiger charge is -2.08. The fraction of sp³-hybridized carbons (Fsp3) is 0.176. The van der Waals surface area contributed by atoms with Crippen LogP contribution in [0.15, 0.2) is 53.6 Å². The van der Waals surface area contributed by atoms with Crippen molar-refractivity contribution in [3.8, 4) is 0 Å². The van der Waals surface area contributed by atoms with Crippen LogP contribution in [0.3, 0.4) is 0 Å². The molecule has 1 N–H and O–H groups in total. The minimum Gasteiger partial charge on any atom is -0.466 e. The molecule has 0 aliphatic rings. The number of hydrazone groups is 1. The molecule has 2 rings (SSSR count). The molecule has 140 valence electrons. The van der Waals surface area contributed by atoms with Gasteiger partial charge >= 0.3 is 11.7 Å². The summed E-state index contributed by atoms with van der Waals surface area (Å²) in [6.45, 7) is 1.89. The van der Waals surface area contributed by atoms with E-state index in [1.807, 2.05) is 0 Å². The van der Waals surface area contributed by atoms with Gasteiger partial charge in [-0.3, -0.25) is 30.4 Å². The molecule has 27 heavy (non-hydrogen) atoms. The van der Waals surface area contributed by atoms with Gasteiger partial charge in [0, 0.05) is 6.07 Å². The molecular formula is C17H16N4O6. The number of rotatable bonds is 8. The zero-order valence-corrected chi connectivity index (χ0v) is 14.3. The van der Waals surface area contributed by atoms with Gasteiger partial charge in [0.15, 0.2) is 0 Å². The van der Waals surface area contributed by atoms with Gasteiger partial charge in [-0.2, -0.15) is 5.10 Å². The van der Waals surface area contributed by atoms with E-state index in [0.717, 1.165) is 12.1 Å². The van der Waals surface area contributed by atoms with Crippen LogP contribution >= 0.6 is 0 Å². The number of ether oxygens (including phenoxy) is 1. The fourth-order valence-electron chi connectivity index (χ4n) is 2.19. The minimum absolute atomic E-state index is 0.0390. The van der Waals surface area contributed by atoms with Gasteiger partial charge in [0.1, 0.15) is 5.69 Å². The van der Waals surface area contributed by atoms with E-state index in [0.29, 0.717) is 11.3 Å². The molecule has 0 heterocycles. The maximum Gasteiger partial charge on any atom is 0.311 e. The number of nitro benzene ring substituents is 2. The standard InChI is InChI=1S/C17H16N4O6/c1-2-27-17(22)11-15(12-6-4-3-5-7-12)19-18-14-9-8-13(20(23)24)10-16(14)21(25)26/h3-10,18H,2,11H2,1H3/b19-15-. The second kappa shape index (κ2) is 9.04. The number of anilines is 1. The first-order valence-corrected chi connectivity index (χ1v) is 7.88. The molecule has 0 amide bonds. The average Bonchev–Trinajstić information content (AvgIpc) is 2.65. The van der Waals surface area contributed by atoms with Crippen molar-refractivity contribution in [1.29, 1.82) is 0 Å². The quantitative estimate of drug-likeness (QED) is 0.325. The number of nitrogens with zero attached hydrogens (tertiary/aromatic N) is 3. The van der Waals surface area contributed by atoms with E-state index < -0.39 is 27.2 Å². The van der Waals surface area contributed by atoms with Gasteiger partial charge in [-0.15, -0.1) is 0 Å². The third kappa shape index (κ3) is 5.33. The van der Waals surface area contributed by atoms with Crippen LogP contribution < -0.4 is 5.43 Å². The molecule has 0 spiro atoms. The Kier molecular flexibility index (Phi) is 6.53. The number of non-ortho nitro benzene ring substituents is 1. The van der Waals surface area contributed by atoms with Crippen molar-refractivity contribution in [1.82, 2.24) is 0 Å². The lowest BCUT2D eigenvalue weighted by atomic mass is 10.1. The van der Waals surface area contributed by atoms with Crippen LogP contribution in [0, 0.1) is 20.2 Å². The number of hydrogen-bond acceptors (Lipinski definition) is 8. The number of carbonyl (C=O) groups excluding carboxylic acids is 1. The first kappa shape index (κ1) is 19.5. The van der Waals surface area contributed by atoms with Crippen LogP contribution in [0.1, 0.15) is 18.9 Å². The van der Waals surface area contributed by atoms with Gasteiger partial charge in [0.05, 0.1) is 34.7 Å². The highest BCUT2D eigenvalue weighted by Gasteiger charge is 2.20. The summed E-state index contributed by atoms with van der Waals surface area (Å²) in [5, 5.41) is 26.1. The van der Waals surface area contributed by atoms with Gasteiger partial charge in [-0.1, -0.05) is 30.3 Å². The molecule has 0 fully saturated rings. The van der Waals surface area contributed by atoms with Crippen molar-refractivity contribution in [2.45, 2.75) is 13.3 Å². The molecule has 0 unspecified atom stereocenters. The molecular weight excluding hydrogens is 356 g/mol. The Morgan fingerprint density at radius 3 is 2.41 bits per heavy atom. The highest BCUT2D eigenvalue weighted by molar-refractivity contribution is 6.09. The number of esters is 1. The predicted octanol–water partition coefficient (Wildman–Crippen LogP) is 3.27. The molecule has 10 heteroatoms. The number of nitrogens with one attached hydrogen (secondary N) is 1. The highest BCUT2D eigenvalue weighted by atomic mass is 16.6. The van der Waals surface area contributed by atoms with Gasteiger partial charge in [0.25, 0.3) is 5.69 Å². The maximum absolute atomic E-state index is 11.8. The molecule has 0 aliphatic heterocycles. The van der Waals surface area contributed by atoms with Crippen molar-refractivity contribution in [3.63, 3.8) is 0 Å². The van der Waals surface area contributed by atoms with Crippen LogP contribution in [0.4, 0.5) is 17.1 Å². The SMILES string of the molecule is CCOC(=O)C/C(=N/Nc1ccc([N+](=O)[O-])cc1[N+](=O)[O-])c1ccccc1. The predicted molar refractivity (Wildman–Crippen MR) is 97.6 cm³/mol. The Bertz CT molecular complexity index is 882. The Morgan fingerprint density at radius 2 is 1.81 bits per heavy atom. The lowest BCUT2D eigenvalue weighted by Crippen LogP contribution is -2.14. The third-order valence-corrected chi connectivity index (χ3v) is 3.42. The summed E-state index contributed by atoms with van der Waals surface area (Å²) in [6, 6.07) is 11.9. The molecule has 0 saturated heterocycles. The van der Waals surface area contributed by atoms with Crippen molar-refractivity contribution in [3.05, 3.63) is 74.3 Å². The van der Waals surface area contributed by atoms with E-state index in [1.165, 1.54) is 6.07 Å². The maximum atomic E-state index is 11.8. The minimum atomic E-state index is -0.752. The molecule has 10 nitrogen and oxygen atoms in total. The first-order chi connectivity index (χ1) is 12.9. The molecule has 0 aromatic heterocycles. The van der Waals surface area contributed by atoms with Crippen molar-refractivity contribution < 1.29 is 19.4 Å². The Labute approximate surface area is 153 Å². The zero-order chi connectivity index (χ0) is 19.8. The lowest BCUT2D eigenvalue weighted by molar-refractivity contribution is -0.393. The summed E-state index contributed by atoms with van der Waals surface area (Å²) in [5.41, 5.74) is 2.50. The van der Waals surface area contributed by atoms with Crippen molar-refractivity contribution >= 4 is 28.7 Å². The Balaban J connectivity index is 2.36. The average molecular weight is 372 g/mol. The molecule has 0 aliphatic carbocycles. The van der Waals surface area contributed by atoms with Gasteiger partial charge in [-0.05, 0) is 18.6 Å². The summed E-state index contributed by atoms with van der Waals surface area (Å²) in [6.07, 6.45) is -0.147. The Morgan fingerprint density at radius 1 is 1.11 bits per heavy atom. The van der Waals surface area contributed by atoms with Crippen LogP contribution in [0.25, 0.3) is 0 Å². The largest absolute Gasteiger partial charge is 0.466 e. The molecule has 0 saturated carbocycles.